The highest BCUT2D eigenvalue weighted by Crippen LogP contribution is 2.33. The molecule has 2 heterocycles. The van der Waals surface area contributed by atoms with Crippen molar-refractivity contribution in [1.82, 2.24) is 15.3 Å². The van der Waals surface area contributed by atoms with Gasteiger partial charge in [-0.25, -0.2) is 9.97 Å². The Morgan fingerprint density at radius 2 is 1.88 bits per heavy atom. The molecular weight excluding hydrogens is 221 g/mol. The normalized spacial score (nSPS) is 15.1. The molecular formula is C9H11F3N4. The Morgan fingerprint density at radius 3 is 2.44 bits per heavy atom. The van der Waals surface area contributed by atoms with Crippen LogP contribution in [0.2, 0.25) is 0 Å². The summed E-state index contributed by atoms with van der Waals surface area (Å²) in [5, 5.41) is 2.85. The van der Waals surface area contributed by atoms with Crippen LogP contribution in [0.4, 0.5) is 19.1 Å². The summed E-state index contributed by atoms with van der Waals surface area (Å²) >= 11 is 0. The van der Waals surface area contributed by atoms with E-state index < -0.39 is 11.9 Å². The Kier molecular flexibility index (Phi) is 2.49. The van der Waals surface area contributed by atoms with Gasteiger partial charge in [-0.3, -0.25) is 0 Å². The first-order valence-electron chi connectivity index (χ1n) is 4.74. The number of anilines is 1. The third-order valence-electron chi connectivity index (χ3n) is 2.34. The minimum absolute atomic E-state index is 0.0924. The van der Waals surface area contributed by atoms with Gasteiger partial charge in [0.15, 0.2) is 5.69 Å². The number of nitrogens with one attached hydrogen (secondary N) is 1. The first kappa shape index (κ1) is 11.1. The van der Waals surface area contributed by atoms with Crippen LogP contribution in [0, 0.1) is 0 Å². The number of alkyl halides is 3. The van der Waals surface area contributed by atoms with Gasteiger partial charge in [0.1, 0.15) is 0 Å². The van der Waals surface area contributed by atoms with Crippen LogP contribution in [-0.2, 0) is 19.3 Å². The molecule has 16 heavy (non-hydrogen) atoms. The first-order valence-corrected chi connectivity index (χ1v) is 4.74. The molecule has 0 aliphatic carbocycles. The molecule has 0 unspecified atom stereocenters. The number of rotatable bonds is 1. The van der Waals surface area contributed by atoms with Gasteiger partial charge in [-0.05, 0) is 0 Å². The lowest BCUT2D eigenvalue weighted by atomic mass is 10.2. The summed E-state index contributed by atoms with van der Waals surface area (Å²) in [5.41, 5.74) is -0.227. The predicted octanol–water partition coefficient (Wildman–Crippen LogP) is 1.16. The van der Waals surface area contributed by atoms with Crippen LogP contribution in [0.3, 0.4) is 0 Å². The molecule has 0 saturated carbocycles. The molecule has 4 nitrogen and oxygen atoms in total. The van der Waals surface area contributed by atoms with Gasteiger partial charge < -0.3 is 10.2 Å². The molecule has 1 N–H and O–H groups in total. The van der Waals surface area contributed by atoms with E-state index in [1.807, 2.05) is 0 Å². The smallest absolute Gasteiger partial charge is 0.347 e. The summed E-state index contributed by atoms with van der Waals surface area (Å²) in [6.07, 6.45) is -4.43. The summed E-state index contributed by atoms with van der Waals surface area (Å²) in [6.45, 7) is 0.541. The van der Waals surface area contributed by atoms with E-state index in [-0.39, 0.29) is 18.1 Å². The van der Waals surface area contributed by atoms with Crippen LogP contribution in [0.15, 0.2) is 0 Å². The van der Waals surface area contributed by atoms with Crippen molar-refractivity contribution >= 4 is 5.95 Å². The third kappa shape index (κ3) is 1.82. The number of aromatic nitrogens is 2. The zero-order chi connectivity index (χ0) is 11.9. The quantitative estimate of drug-likeness (QED) is 0.789. The van der Waals surface area contributed by atoms with E-state index in [1.165, 1.54) is 4.90 Å². The molecule has 0 aromatic carbocycles. The highest BCUT2D eigenvalue weighted by Gasteiger charge is 2.38. The Bertz CT molecular complexity index is 414. The summed E-state index contributed by atoms with van der Waals surface area (Å²) in [6, 6.07) is 0. The SMILES string of the molecule is CN(C)c1nc2c(c(C(F)(F)F)n1)CNC2. The van der Waals surface area contributed by atoms with E-state index in [4.69, 9.17) is 0 Å². The van der Waals surface area contributed by atoms with Crippen molar-refractivity contribution in [3.8, 4) is 0 Å². The molecule has 0 bridgehead atoms. The Balaban J connectivity index is 2.58. The van der Waals surface area contributed by atoms with Gasteiger partial charge in [-0.2, -0.15) is 13.2 Å². The largest absolute Gasteiger partial charge is 0.433 e. The summed E-state index contributed by atoms with van der Waals surface area (Å²) in [5.74, 6) is 0.0924. The van der Waals surface area contributed by atoms with Gasteiger partial charge in [-0.15, -0.1) is 0 Å². The molecule has 2 rings (SSSR count). The average Bonchev–Trinajstić information content (AvgIpc) is 2.61. The van der Waals surface area contributed by atoms with Crippen LogP contribution in [0.1, 0.15) is 17.0 Å². The van der Waals surface area contributed by atoms with Gasteiger partial charge >= 0.3 is 6.18 Å². The molecule has 0 atom stereocenters. The highest BCUT2D eigenvalue weighted by atomic mass is 19.4. The van der Waals surface area contributed by atoms with Crippen LogP contribution >= 0.6 is 0 Å². The Hall–Kier alpha value is -1.37. The molecule has 7 heteroatoms. The fraction of sp³-hybridized carbons (Fsp3) is 0.556. The van der Waals surface area contributed by atoms with Gasteiger partial charge in [0, 0.05) is 32.7 Å². The van der Waals surface area contributed by atoms with Crippen LogP contribution in [-0.4, -0.2) is 24.1 Å². The minimum atomic E-state index is -4.43. The van der Waals surface area contributed by atoms with E-state index in [1.54, 1.807) is 14.1 Å². The molecule has 1 aliphatic rings. The molecule has 1 aliphatic heterocycles. The number of nitrogens with zero attached hydrogens (tertiary/aromatic N) is 3. The van der Waals surface area contributed by atoms with Crippen molar-refractivity contribution in [2.45, 2.75) is 19.3 Å². The van der Waals surface area contributed by atoms with Gasteiger partial charge in [0.25, 0.3) is 0 Å². The fourth-order valence-electron chi connectivity index (χ4n) is 1.59. The Morgan fingerprint density at radius 1 is 1.19 bits per heavy atom. The van der Waals surface area contributed by atoms with Gasteiger partial charge in [0.2, 0.25) is 5.95 Å². The van der Waals surface area contributed by atoms with E-state index in [2.05, 4.69) is 15.3 Å². The molecule has 0 radical (unpaired) electrons. The molecule has 1 aromatic heterocycles. The standard InChI is InChI=1S/C9H11F3N4/c1-16(2)8-14-6-4-13-3-5(6)7(15-8)9(10,11)12/h13H,3-4H2,1-2H3. The number of halogens is 3. The molecule has 0 amide bonds. The van der Waals surface area contributed by atoms with Crippen molar-refractivity contribution < 1.29 is 13.2 Å². The second-order valence-electron chi connectivity index (χ2n) is 3.79. The van der Waals surface area contributed by atoms with E-state index in [0.29, 0.717) is 12.2 Å². The van der Waals surface area contributed by atoms with Crippen molar-refractivity contribution in [2.75, 3.05) is 19.0 Å². The van der Waals surface area contributed by atoms with Crippen LogP contribution in [0.5, 0.6) is 0 Å². The zero-order valence-electron chi connectivity index (χ0n) is 8.89. The maximum absolute atomic E-state index is 12.7. The predicted molar refractivity (Wildman–Crippen MR) is 51.9 cm³/mol. The second kappa shape index (κ2) is 3.58. The number of hydrogen-bond acceptors (Lipinski definition) is 4. The molecule has 0 saturated heterocycles. The summed E-state index contributed by atoms with van der Waals surface area (Å²) in [7, 11) is 3.23. The molecule has 1 aromatic rings. The summed E-state index contributed by atoms with van der Waals surface area (Å²) < 4.78 is 38.2. The lowest BCUT2D eigenvalue weighted by Crippen LogP contribution is -2.19. The minimum Gasteiger partial charge on any atom is -0.347 e. The van der Waals surface area contributed by atoms with Gasteiger partial charge in [0.05, 0.1) is 5.69 Å². The van der Waals surface area contributed by atoms with E-state index >= 15 is 0 Å². The highest BCUT2D eigenvalue weighted by molar-refractivity contribution is 5.38. The van der Waals surface area contributed by atoms with Crippen molar-refractivity contribution in [3.05, 3.63) is 17.0 Å². The monoisotopic (exact) mass is 232 g/mol. The number of hydrogen-bond donors (Lipinski definition) is 1. The maximum atomic E-state index is 12.7. The van der Waals surface area contributed by atoms with Crippen LogP contribution in [0.25, 0.3) is 0 Å². The topological polar surface area (TPSA) is 41.1 Å². The van der Waals surface area contributed by atoms with E-state index in [0.717, 1.165) is 0 Å². The van der Waals surface area contributed by atoms with Crippen molar-refractivity contribution in [3.63, 3.8) is 0 Å². The zero-order valence-corrected chi connectivity index (χ0v) is 8.89. The van der Waals surface area contributed by atoms with Crippen molar-refractivity contribution in [1.29, 1.82) is 0 Å². The summed E-state index contributed by atoms with van der Waals surface area (Å²) in [4.78, 5) is 9.11. The fourth-order valence-corrected chi connectivity index (χ4v) is 1.59. The lowest BCUT2D eigenvalue weighted by Gasteiger charge is -2.15. The molecule has 0 spiro atoms. The van der Waals surface area contributed by atoms with Crippen molar-refractivity contribution in [2.24, 2.45) is 0 Å². The maximum Gasteiger partial charge on any atom is 0.433 e. The molecule has 88 valence electrons. The number of fused-ring (bicyclic) bond motifs is 1. The lowest BCUT2D eigenvalue weighted by molar-refractivity contribution is -0.141. The van der Waals surface area contributed by atoms with Gasteiger partial charge in [-0.1, -0.05) is 0 Å². The van der Waals surface area contributed by atoms with E-state index in [9.17, 15) is 13.2 Å². The van der Waals surface area contributed by atoms with Crippen LogP contribution < -0.4 is 10.2 Å². The third-order valence-corrected chi connectivity index (χ3v) is 2.34. The Labute approximate surface area is 90.5 Å². The average molecular weight is 232 g/mol. The second-order valence-corrected chi connectivity index (χ2v) is 3.79. The molecule has 0 fully saturated rings. The first-order chi connectivity index (χ1) is 7.39.